The molecule has 3 nitrogen and oxygen atoms in total. The van der Waals surface area contributed by atoms with Gasteiger partial charge in [-0.3, -0.25) is 9.69 Å². The molecule has 0 bridgehead atoms. The molecular formula is C10H10Br2N2O. The highest BCUT2D eigenvalue weighted by atomic mass is 79.9. The van der Waals surface area contributed by atoms with Gasteiger partial charge in [-0.15, -0.1) is 0 Å². The van der Waals surface area contributed by atoms with E-state index in [4.69, 9.17) is 0 Å². The Bertz CT molecular complexity index is 408. The van der Waals surface area contributed by atoms with Gasteiger partial charge in [0.15, 0.2) is 0 Å². The van der Waals surface area contributed by atoms with Crippen molar-refractivity contribution in [2.24, 2.45) is 0 Å². The van der Waals surface area contributed by atoms with E-state index in [2.05, 4.69) is 36.8 Å². The van der Waals surface area contributed by atoms with E-state index < -0.39 is 0 Å². The lowest BCUT2D eigenvalue weighted by Crippen LogP contribution is -2.26. The van der Waals surface area contributed by atoms with E-state index in [1.165, 1.54) is 0 Å². The van der Waals surface area contributed by atoms with Gasteiger partial charge in [0.1, 0.15) is 10.4 Å². The minimum Gasteiger partial charge on any atom is -0.295 e. The van der Waals surface area contributed by atoms with E-state index in [0.29, 0.717) is 13.0 Å². The Hall–Kier alpha value is -0.420. The molecule has 1 unspecified atom stereocenters. The molecule has 0 aliphatic carbocycles. The lowest BCUT2D eigenvalue weighted by Gasteiger charge is -2.17. The van der Waals surface area contributed by atoms with Gasteiger partial charge < -0.3 is 0 Å². The quantitative estimate of drug-likeness (QED) is 0.584. The van der Waals surface area contributed by atoms with Crippen LogP contribution in [0.4, 0.5) is 5.82 Å². The second-order valence-corrected chi connectivity index (χ2v) is 5.69. The van der Waals surface area contributed by atoms with Gasteiger partial charge in [-0.2, -0.15) is 0 Å². The van der Waals surface area contributed by atoms with Crippen molar-refractivity contribution in [3.63, 3.8) is 0 Å². The van der Waals surface area contributed by atoms with Crippen LogP contribution in [-0.2, 0) is 4.79 Å². The monoisotopic (exact) mass is 332 g/mol. The summed E-state index contributed by atoms with van der Waals surface area (Å²) in [5, 5.41) is 0. The Balaban J connectivity index is 2.37. The number of pyridine rings is 1. The molecule has 1 amide bonds. The molecule has 1 atom stereocenters. The molecule has 0 N–H and O–H groups in total. The number of amides is 1. The van der Waals surface area contributed by atoms with Crippen LogP contribution in [0.2, 0.25) is 0 Å². The number of halogens is 2. The van der Waals surface area contributed by atoms with E-state index in [0.717, 1.165) is 16.0 Å². The standard InChI is InChI=1S/C10H10Br2N2O/c1-6-2-3-8(12)13-10(6)14-5-7(11)4-9(14)15/h2-3,7H,4-5H2,1H3. The Morgan fingerprint density at radius 3 is 2.87 bits per heavy atom. The zero-order chi connectivity index (χ0) is 11.0. The SMILES string of the molecule is Cc1ccc(Br)nc1N1CC(Br)CC1=O. The lowest BCUT2D eigenvalue weighted by atomic mass is 10.3. The largest absolute Gasteiger partial charge is 0.295 e. The first-order chi connectivity index (χ1) is 7.08. The molecule has 2 heterocycles. The molecule has 80 valence electrons. The van der Waals surface area contributed by atoms with Gasteiger partial charge in [-0.25, -0.2) is 4.98 Å². The van der Waals surface area contributed by atoms with Gasteiger partial charge >= 0.3 is 0 Å². The number of hydrogen-bond acceptors (Lipinski definition) is 2. The highest BCUT2D eigenvalue weighted by Gasteiger charge is 2.30. The summed E-state index contributed by atoms with van der Waals surface area (Å²) in [6, 6.07) is 3.84. The lowest BCUT2D eigenvalue weighted by molar-refractivity contribution is -0.117. The Kier molecular flexibility index (Phi) is 3.11. The number of rotatable bonds is 1. The van der Waals surface area contributed by atoms with E-state index >= 15 is 0 Å². The molecule has 0 aromatic carbocycles. The smallest absolute Gasteiger partial charge is 0.229 e. The highest BCUT2D eigenvalue weighted by Crippen LogP contribution is 2.27. The van der Waals surface area contributed by atoms with Gasteiger partial charge in [0.25, 0.3) is 0 Å². The number of hydrogen-bond donors (Lipinski definition) is 0. The number of nitrogens with zero attached hydrogens (tertiary/aromatic N) is 2. The molecule has 1 aromatic rings. The van der Waals surface area contributed by atoms with Crippen molar-refractivity contribution in [1.29, 1.82) is 0 Å². The molecule has 1 aliphatic heterocycles. The minimum atomic E-state index is 0.130. The third kappa shape index (κ3) is 2.23. The second kappa shape index (κ2) is 4.22. The van der Waals surface area contributed by atoms with Crippen LogP contribution >= 0.6 is 31.9 Å². The normalized spacial score (nSPS) is 21.1. The Morgan fingerprint density at radius 2 is 2.27 bits per heavy atom. The first-order valence-corrected chi connectivity index (χ1v) is 6.36. The first-order valence-electron chi connectivity index (χ1n) is 4.65. The van der Waals surface area contributed by atoms with Crippen LogP contribution in [0.5, 0.6) is 0 Å². The predicted molar refractivity (Wildman–Crippen MR) is 66.4 cm³/mol. The molecular weight excluding hydrogens is 324 g/mol. The summed E-state index contributed by atoms with van der Waals surface area (Å²) in [5.74, 6) is 0.891. The van der Waals surface area contributed by atoms with Crippen molar-refractivity contribution in [2.75, 3.05) is 11.4 Å². The summed E-state index contributed by atoms with van der Waals surface area (Å²) in [5.41, 5.74) is 1.02. The number of anilines is 1. The van der Waals surface area contributed by atoms with Crippen LogP contribution in [0.3, 0.4) is 0 Å². The van der Waals surface area contributed by atoms with Crippen molar-refractivity contribution in [2.45, 2.75) is 18.2 Å². The third-order valence-corrected chi connectivity index (χ3v) is 3.42. The summed E-state index contributed by atoms with van der Waals surface area (Å²) in [6.45, 7) is 2.66. The van der Waals surface area contributed by atoms with E-state index in [-0.39, 0.29) is 10.7 Å². The summed E-state index contributed by atoms with van der Waals surface area (Å²) in [4.78, 5) is 18.0. The average Bonchev–Trinajstić information content (AvgIpc) is 2.50. The maximum absolute atomic E-state index is 11.7. The summed E-state index contributed by atoms with van der Waals surface area (Å²) < 4.78 is 0.758. The molecule has 1 saturated heterocycles. The third-order valence-electron chi connectivity index (χ3n) is 2.37. The Labute approximate surface area is 105 Å². The zero-order valence-electron chi connectivity index (χ0n) is 8.20. The van der Waals surface area contributed by atoms with Gasteiger partial charge in [0, 0.05) is 17.8 Å². The number of aryl methyl sites for hydroxylation is 1. The predicted octanol–water partition coefficient (Wildman–Crippen LogP) is 2.65. The van der Waals surface area contributed by atoms with Gasteiger partial charge in [0.2, 0.25) is 5.91 Å². The van der Waals surface area contributed by atoms with E-state index in [9.17, 15) is 4.79 Å². The number of carbonyl (C=O) groups excluding carboxylic acids is 1. The molecule has 1 aromatic heterocycles. The van der Waals surface area contributed by atoms with Crippen molar-refractivity contribution in [3.8, 4) is 0 Å². The fourth-order valence-electron chi connectivity index (χ4n) is 1.64. The molecule has 5 heteroatoms. The molecule has 1 fully saturated rings. The average molecular weight is 334 g/mol. The summed E-state index contributed by atoms with van der Waals surface area (Å²) in [7, 11) is 0. The van der Waals surface area contributed by atoms with Crippen molar-refractivity contribution in [1.82, 2.24) is 4.98 Å². The van der Waals surface area contributed by atoms with Crippen LogP contribution in [0, 0.1) is 6.92 Å². The molecule has 1 aliphatic rings. The first kappa shape index (κ1) is 11.1. The summed E-state index contributed by atoms with van der Waals surface area (Å²) in [6.07, 6.45) is 0.549. The molecule has 0 saturated carbocycles. The van der Waals surface area contributed by atoms with Gasteiger partial charge in [0.05, 0.1) is 0 Å². The van der Waals surface area contributed by atoms with Crippen molar-refractivity contribution in [3.05, 3.63) is 22.3 Å². The van der Waals surface area contributed by atoms with E-state index in [1.807, 2.05) is 19.1 Å². The highest BCUT2D eigenvalue weighted by molar-refractivity contribution is 9.10. The number of alkyl halides is 1. The molecule has 2 rings (SSSR count). The summed E-state index contributed by atoms with van der Waals surface area (Å²) >= 11 is 6.78. The van der Waals surface area contributed by atoms with Gasteiger partial charge in [-0.05, 0) is 34.5 Å². The van der Waals surface area contributed by atoms with Crippen LogP contribution in [0.25, 0.3) is 0 Å². The van der Waals surface area contributed by atoms with Crippen LogP contribution < -0.4 is 4.90 Å². The molecule has 0 radical (unpaired) electrons. The maximum Gasteiger partial charge on any atom is 0.229 e. The van der Waals surface area contributed by atoms with Crippen LogP contribution in [0.15, 0.2) is 16.7 Å². The maximum atomic E-state index is 11.7. The fourth-order valence-corrected chi connectivity index (χ4v) is 2.50. The van der Waals surface area contributed by atoms with E-state index in [1.54, 1.807) is 4.90 Å². The second-order valence-electron chi connectivity index (χ2n) is 3.58. The Morgan fingerprint density at radius 1 is 1.53 bits per heavy atom. The number of aromatic nitrogens is 1. The molecule has 0 spiro atoms. The minimum absolute atomic E-state index is 0.130. The fraction of sp³-hybridized carbons (Fsp3) is 0.400. The molecule has 15 heavy (non-hydrogen) atoms. The van der Waals surface area contributed by atoms with Crippen molar-refractivity contribution < 1.29 is 4.79 Å². The van der Waals surface area contributed by atoms with Crippen LogP contribution in [0.1, 0.15) is 12.0 Å². The number of carbonyl (C=O) groups is 1. The zero-order valence-corrected chi connectivity index (χ0v) is 11.4. The van der Waals surface area contributed by atoms with Gasteiger partial charge in [-0.1, -0.05) is 22.0 Å². The van der Waals surface area contributed by atoms with Crippen molar-refractivity contribution >= 4 is 43.6 Å². The van der Waals surface area contributed by atoms with Crippen LogP contribution in [-0.4, -0.2) is 22.3 Å². The topological polar surface area (TPSA) is 33.2 Å².